The van der Waals surface area contributed by atoms with E-state index < -0.39 is 11.7 Å². The molecule has 0 aliphatic heterocycles. The van der Waals surface area contributed by atoms with Gasteiger partial charge < -0.3 is 14.3 Å². The fourth-order valence-electron chi connectivity index (χ4n) is 2.39. The fourth-order valence-corrected chi connectivity index (χ4v) is 2.39. The smallest absolute Gasteiger partial charge is 0.416 e. The number of fused-ring (bicyclic) bond motifs is 3. The number of hydrogen-bond donors (Lipinski definition) is 1. The molecule has 0 aliphatic rings. The van der Waals surface area contributed by atoms with Crippen LogP contribution in [0.15, 0.2) is 34.7 Å². The molecule has 0 spiro atoms. The van der Waals surface area contributed by atoms with Crippen LogP contribution in [0.5, 0.6) is 5.75 Å². The maximum absolute atomic E-state index is 12.8. The molecule has 3 aromatic rings. The Kier molecular flexibility index (Phi) is 4.85. The van der Waals surface area contributed by atoms with Gasteiger partial charge in [0, 0.05) is 10.8 Å². The van der Waals surface area contributed by atoms with Crippen LogP contribution in [0.3, 0.4) is 0 Å². The van der Waals surface area contributed by atoms with E-state index in [4.69, 9.17) is 9.15 Å². The molecule has 23 heavy (non-hydrogen) atoms. The summed E-state index contributed by atoms with van der Waals surface area (Å²) < 4.78 is 49.3. The number of alkyl halides is 3. The summed E-state index contributed by atoms with van der Waals surface area (Å²) in [5, 5.41) is 10.2. The average molecular weight is 326 g/mol. The van der Waals surface area contributed by atoms with Crippen molar-refractivity contribution in [2.24, 2.45) is 0 Å². The third-order valence-corrected chi connectivity index (χ3v) is 3.39. The van der Waals surface area contributed by atoms with E-state index in [1.54, 1.807) is 12.1 Å². The summed E-state index contributed by atoms with van der Waals surface area (Å²) in [5.74, 6) is 0.409. The second kappa shape index (κ2) is 6.50. The Balaban J connectivity index is 0.000000924. The van der Waals surface area contributed by atoms with Crippen LogP contribution in [0.1, 0.15) is 25.0 Å². The van der Waals surface area contributed by atoms with E-state index in [2.05, 4.69) is 0 Å². The van der Waals surface area contributed by atoms with Gasteiger partial charge >= 0.3 is 6.18 Å². The van der Waals surface area contributed by atoms with Crippen LogP contribution in [0.25, 0.3) is 21.9 Å². The molecule has 0 bridgehead atoms. The molecule has 0 amide bonds. The van der Waals surface area contributed by atoms with Gasteiger partial charge in [-0.25, -0.2) is 0 Å². The number of aliphatic hydroxyl groups is 1. The number of methoxy groups -OCH3 is 1. The predicted molar refractivity (Wildman–Crippen MR) is 82.5 cm³/mol. The summed E-state index contributed by atoms with van der Waals surface area (Å²) in [5.41, 5.74) is 0.379. The highest BCUT2D eigenvalue weighted by Gasteiger charge is 2.31. The largest absolute Gasteiger partial charge is 0.493 e. The Labute approximate surface area is 131 Å². The molecule has 3 nitrogen and oxygen atoms in total. The maximum Gasteiger partial charge on any atom is 0.416 e. The molecule has 0 saturated carbocycles. The summed E-state index contributed by atoms with van der Waals surface area (Å²) in [6.07, 6.45) is -4.43. The van der Waals surface area contributed by atoms with Crippen LogP contribution in [0.2, 0.25) is 0 Å². The first-order valence-electron chi connectivity index (χ1n) is 7.16. The lowest BCUT2D eigenvalue weighted by Gasteiger charge is -2.06. The Morgan fingerprint density at radius 2 is 1.83 bits per heavy atom. The van der Waals surface area contributed by atoms with Gasteiger partial charge in [0.15, 0.2) is 11.3 Å². The van der Waals surface area contributed by atoms with Gasteiger partial charge in [0.25, 0.3) is 0 Å². The zero-order chi connectivity index (χ0) is 17.2. The van der Waals surface area contributed by atoms with Gasteiger partial charge in [-0.1, -0.05) is 19.9 Å². The number of halogens is 3. The molecule has 3 rings (SSSR count). The molecular weight excluding hydrogens is 309 g/mol. The number of ether oxygens (including phenoxy) is 1. The second-order valence-corrected chi connectivity index (χ2v) is 4.60. The number of hydrogen-bond acceptors (Lipinski definition) is 3. The molecular formula is C17H17F3O3. The van der Waals surface area contributed by atoms with E-state index in [0.29, 0.717) is 33.3 Å². The number of aliphatic hydroxyl groups excluding tert-OH is 1. The van der Waals surface area contributed by atoms with Crippen molar-refractivity contribution >= 4 is 21.9 Å². The molecule has 6 heteroatoms. The molecule has 1 aromatic heterocycles. The van der Waals surface area contributed by atoms with Crippen molar-refractivity contribution < 1.29 is 27.4 Å². The van der Waals surface area contributed by atoms with Gasteiger partial charge in [-0.15, -0.1) is 0 Å². The Morgan fingerprint density at radius 1 is 1.13 bits per heavy atom. The molecule has 124 valence electrons. The maximum atomic E-state index is 12.8. The van der Waals surface area contributed by atoms with Crippen LogP contribution in [-0.4, -0.2) is 12.2 Å². The second-order valence-electron chi connectivity index (χ2n) is 4.60. The van der Waals surface area contributed by atoms with Gasteiger partial charge in [0.05, 0.1) is 19.3 Å². The zero-order valence-corrected chi connectivity index (χ0v) is 13.0. The number of rotatable bonds is 2. The molecule has 0 radical (unpaired) electrons. The monoisotopic (exact) mass is 326 g/mol. The van der Waals surface area contributed by atoms with Crippen molar-refractivity contribution in [3.05, 3.63) is 41.5 Å². The molecule has 1 heterocycles. The summed E-state index contributed by atoms with van der Waals surface area (Å²) in [6.45, 7) is 3.70. The zero-order valence-electron chi connectivity index (χ0n) is 13.0. The molecule has 0 aliphatic carbocycles. The minimum atomic E-state index is -4.43. The summed E-state index contributed by atoms with van der Waals surface area (Å²) >= 11 is 0. The SMILES string of the molecule is CC.COc1ccc(CO)c2c1oc1ccc(C(F)(F)F)cc12. The molecule has 0 fully saturated rings. The third-order valence-electron chi connectivity index (χ3n) is 3.39. The van der Waals surface area contributed by atoms with E-state index in [-0.39, 0.29) is 6.61 Å². The fraction of sp³-hybridized carbons (Fsp3) is 0.294. The minimum absolute atomic E-state index is 0.300. The standard InChI is InChI=1S/C15H11F3O3.C2H6/c1-20-12-4-2-8(7-19)13-10-6-9(15(16,17)18)3-5-11(10)21-14(12)13;1-2/h2-6,19H,7H2,1H3;1-2H3. The highest BCUT2D eigenvalue weighted by molar-refractivity contribution is 6.08. The van der Waals surface area contributed by atoms with Gasteiger partial charge in [-0.05, 0) is 29.8 Å². The number of benzene rings is 2. The molecule has 0 unspecified atom stereocenters. The first-order chi connectivity index (χ1) is 11.0. The predicted octanol–water partition coefficient (Wildman–Crippen LogP) is 5.13. The van der Waals surface area contributed by atoms with Gasteiger partial charge in [-0.2, -0.15) is 13.2 Å². The Bertz CT molecular complexity index is 819. The lowest BCUT2D eigenvalue weighted by atomic mass is 10.0. The summed E-state index contributed by atoms with van der Waals surface area (Å²) in [7, 11) is 1.45. The van der Waals surface area contributed by atoms with Crippen molar-refractivity contribution in [3.8, 4) is 5.75 Å². The Hall–Kier alpha value is -2.21. The van der Waals surface area contributed by atoms with Crippen molar-refractivity contribution in [3.63, 3.8) is 0 Å². The number of furan rings is 1. The summed E-state index contributed by atoms with van der Waals surface area (Å²) in [4.78, 5) is 0. The molecule has 0 saturated heterocycles. The van der Waals surface area contributed by atoms with Crippen molar-refractivity contribution in [2.45, 2.75) is 26.6 Å². The van der Waals surface area contributed by atoms with Crippen LogP contribution in [-0.2, 0) is 12.8 Å². The van der Waals surface area contributed by atoms with E-state index in [9.17, 15) is 18.3 Å². The highest BCUT2D eigenvalue weighted by atomic mass is 19.4. The minimum Gasteiger partial charge on any atom is -0.493 e. The molecule has 0 atom stereocenters. The van der Waals surface area contributed by atoms with E-state index in [1.165, 1.54) is 13.2 Å². The van der Waals surface area contributed by atoms with Gasteiger partial charge in [0.1, 0.15) is 5.58 Å². The third kappa shape index (κ3) is 2.99. The molecule has 2 aromatic carbocycles. The average Bonchev–Trinajstić information content (AvgIpc) is 2.94. The lowest BCUT2D eigenvalue weighted by Crippen LogP contribution is -2.03. The first-order valence-corrected chi connectivity index (χ1v) is 7.16. The van der Waals surface area contributed by atoms with E-state index in [0.717, 1.165) is 12.1 Å². The Morgan fingerprint density at radius 3 is 2.39 bits per heavy atom. The normalized spacial score (nSPS) is 11.4. The van der Waals surface area contributed by atoms with Crippen LogP contribution < -0.4 is 4.74 Å². The van der Waals surface area contributed by atoms with Crippen LogP contribution in [0.4, 0.5) is 13.2 Å². The summed E-state index contributed by atoms with van der Waals surface area (Å²) in [6, 6.07) is 6.49. The highest BCUT2D eigenvalue weighted by Crippen LogP contribution is 2.39. The van der Waals surface area contributed by atoms with Crippen molar-refractivity contribution in [1.82, 2.24) is 0 Å². The van der Waals surface area contributed by atoms with Crippen LogP contribution in [0, 0.1) is 0 Å². The van der Waals surface area contributed by atoms with Gasteiger partial charge in [0.2, 0.25) is 0 Å². The quantitative estimate of drug-likeness (QED) is 0.710. The van der Waals surface area contributed by atoms with E-state index >= 15 is 0 Å². The van der Waals surface area contributed by atoms with Crippen LogP contribution >= 0.6 is 0 Å². The first kappa shape index (κ1) is 17.1. The lowest BCUT2D eigenvalue weighted by molar-refractivity contribution is -0.137. The topological polar surface area (TPSA) is 42.6 Å². The van der Waals surface area contributed by atoms with Gasteiger partial charge in [-0.3, -0.25) is 0 Å². The van der Waals surface area contributed by atoms with Crippen molar-refractivity contribution in [1.29, 1.82) is 0 Å². The van der Waals surface area contributed by atoms with Crippen molar-refractivity contribution in [2.75, 3.05) is 7.11 Å². The van der Waals surface area contributed by atoms with E-state index in [1.807, 2.05) is 13.8 Å². The molecule has 1 N–H and O–H groups in total.